The predicted molar refractivity (Wildman–Crippen MR) is 105 cm³/mol. The Morgan fingerprint density at radius 1 is 1.25 bits per heavy atom. The zero-order valence-electron chi connectivity index (χ0n) is 15.6. The van der Waals surface area contributed by atoms with Crippen LogP contribution < -0.4 is 10.1 Å². The number of carbonyl (C=O) groups is 1. The van der Waals surface area contributed by atoms with E-state index in [0.29, 0.717) is 17.5 Å². The molecular formula is C20H21FN4O2S. The van der Waals surface area contributed by atoms with Crippen molar-refractivity contribution in [3.8, 4) is 5.75 Å². The molecule has 0 unspecified atom stereocenters. The normalized spacial score (nSPS) is 11.8. The summed E-state index contributed by atoms with van der Waals surface area (Å²) in [5, 5.41) is 9.89. The first kappa shape index (κ1) is 19.9. The molecule has 0 saturated carbocycles. The maximum Gasteiger partial charge on any atom is 0.233 e. The summed E-state index contributed by atoms with van der Waals surface area (Å²) in [5.41, 5.74) is 1.88. The van der Waals surface area contributed by atoms with E-state index in [1.807, 2.05) is 31.2 Å². The van der Waals surface area contributed by atoms with Gasteiger partial charge in [0, 0.05) is 6.54 Å². The first-order chi connectivity index (χ1) is 13.5. The Balaban J connectivity index is 1.47. The van der Waals surface area contributed by atoms with Crippen molar-refractivity contribution in [1.82, 2.24) is 20.5 Å². The lowest BCUT2D eigenvalue weighted by Crippen LogP contribution is -2.30. The Hall–Kier alpha value is -2.87. The monoisotopic (exact) mass is 400 g/mol. The van der Waals surface area contributed by atoms with Gasteiger partial charge in [-0.05, 0) is 43.2 Å². The molecule has 3 aromatic rings. The topological polar surface area (TPSA) is 79.9 Å². The first-order valence-electron chi connectivity index (χ1n) is 8.80. The second kappa shape index (κ2) is 9.36. The van der Waals surface area contributed by atoms with Crippen molar-refractivity contribution in [2.75, 3.05) is 0 Å². The van der Waals surface area contributed by atoms with Gasteiger partial charge in [0.1, 0.15) is 18.2 Å². The molecule has 0 aliphatic carbocycles. The summed E-state index contributed by atoms with van der Waals surface area (Å²) >= 11 is 1.25. The smallest absolute Gasteiger partial charge is 0.233 e. The number of H-pyrrole nitrogens is 1. The summed E-state index contributed by atoms with van der Waals surface area (Å²) in [6.07, 6.45) is 0. The van der Waals surface area contributed by atoms with Crippen molar-refractivity contribution in [3.05, 3.63) is 71.3 Å². The molecule has 28 heavy (non-hydrogen) atoms. The highest BCUT2D eigenvalue weighted by Gasteiger charge is 2.17. The fourth-order valence-electron chi connectivity index (χ4n) is 2.41. The van der Waals surface area contributed by atoms with Crippen molar-refractivity contribution in [2.24, 2.45) is 0 Å². The number of rotatable bonds is 8. The third-order valence-corrected chi connectivity index (χ3v) is 4.96. The Morgan fingerprint density at radius 3 is 2.75 bits per heavy atom. The average molecular weight is 400 g/mol. The largest absolute Gasteiger partial charge is 0.485 e. The van der Waals surface area contributed by atoms with Crippen LogP contribution in [0.1, 0.15) is 23.9 Å². The van der Waals surface area contributed by atoms with Crippen LogP contribution in [0.4, 0.5) is 4.39 Å². The molecule has 2 N–H and O–H groups in total. The van der Waals surface area contributed by atoms with Crippen LogP contribution in [0.3, 0.4) is 0 Å². The summed E-state index contributed by atoms with van der Waals surface area (Å²) in [6.45, 7) is 4.37. The van der Waals surface area contributed by atoms with Gasteiger partial charge in [-0.25, -0.2) is 9.37 Å². The second-order valence-electron chi connectivity index (χ2n) is 6.22. The van der Waals surface area contributed by atoms with Gasteiger partial charge in [-0.1, -0.05) is 42.1 Å². The highest BCUT2D eigenvalue weighted by Crippen LogP contribution is 2.21. The molecular weight excluding hydrogens is 379 g/mol. The molecule has 8 heteroatoms. The molecule has 3 rings (SSSR count). The SMILES string of the molecule is Cc1ccccc1OCc1nc(S[C@H](C)C(=O)NCc2ccc(F)cc2)n[nH]1. The zero-order valence-corrected chi connectivity index (χ0v) is 16.4. The molecule has 1 aromatic heterocycles. The predicted octanol–water partition coefficient (Wildman–Crippen LogP) is 3.63. The Labute approximate surface area is 166 Å². The molecule has 0 radical (unpaired) electrons. The van der Waals surface area contributed by atoms with Crippen molar-refractivity contribution in [1.29, 1.82) is 0 Å². The Kier molecular flexibility index (Phi) is 6.65. The number of aryl methyl sites for hydroxylation is 1. The lowest BCUT2D eigenvalue weighted by Gasteiger charge is -2.10. The van der Waals surface area contributed by atoms with Gasteiger partial charge in [-0.3, -0.25) is 9.89 Å². The van der Waals surface area contributed by atoms with Crippen LogP contribution in [0.25, 0.3) is 0 Å². The maximum absolute atomic E-state index is 12.9. The summed E-state index contributed by atoms with van der Waals surface area (Å²) in [6, 6.07) is 13.8. The fourth-order valence-corrected chi connectivity index (χ4v) is 3.17. The molecule has 1 atom stereocenters. The van der Waals surface area contributed by atoms with E-state index < -0.39 is 0 Å². The number of ether oxygens (including phenoxy) is 1. The minimum absolute atomic E-state index is 0.142. The minimum atomic E-state index is -0.374. The number of hydrogen-bond donors (Lipinski definition) is 2. The van der Waals surface area contributed by atoms with Gasteiger partial charge >= 0.3 is 0 Å². The van der Waals surface area contributed by atoms with Gasteiger partial charge in [-0.15, -0.1) is 5.10 Å². The van der Waals surface area contributed by atoms with Crippen LogP contribution in [0.5, 0.6) is 5.75 Å². The van der Waals surface area contributed by atoms with Gasteiger partial charge in [0.15, 0.2) is 5.82 Å². The van der Waals surface area contributed by atoms with Gasteiger partial charge < -0.3 is 10.1 Å². The number of benzene rings is 2. The number of nitrogens with zero attached hydrogens (tertiary/aromatic N) is 2. The third-order valence-electron chi connectivity index (χ3n) is 4.00. The zero-order chi connectivity index (χ0) is 19.9. The van der Waals surface area contributed by atoms with E-state index in [1.54, 1.807) is 19.1 Å². The summed E-state index contributed by atoms with van der Waals surface area (Å²) in [5.74, 6) is 0.939. The molecule has 0 bridgehead atoms. The Morgan fingerprint density at radius 2 is 2.00 bits per heavy atom. The molecule has 2 aromatic carbocycles. The lowest BCUT2D eigenvalue weighted by molar-refractivity contribution is -0.120. The summed E-state index contributed by atoms with van der Waals surface area (Å²) < 4.78 is 18.6. The van der Waals surface area contributed by atoms with Crippen molar-refractivity contribution >= 4 is 17.7 Å². The van der Waals surface area contributed by atoms with E-state index in [9.17, 15) is 9.18 Å². The molecule has 6 nitrogen and oxygen atoms in total. The van der Waals surface area contributed by atoms with E-state index in [0.717, 1.165) is 16.9 Å². The van der Waals surface area contributed by atoms with Gasteiger partial charge in [0.05, 0.1) is 5.25 Å². The number of aromatic nitrogens is 3. The van der Waals surface area contributed by atoms with Crippen molar-refractivity contribution in [2.45, 2.75) is 37.4 Å². The van der Waals surface area contributed by atoms with Crippen LogP contribution in [0.15, 0.2) is 53.7 Å². The fraction of sp³-hybridized carbons (Fsp3) is 0.250. The van der Waals surface area contributed by atoms with Crippen LogP contribution in [-0.2, 0) is 17.9 Å². The highest BCUT2D eigenvalue weighted by molar-refractivity contribution is 8.00. The molecule has 0 spiro atoms. The Bertz CT molecular complexity index is 930. The summed E-state index contributed by atoms with van der Waals surface area (Å²) in [4.78, 5) is 16.6. The van der Waals surface area contributed by atoms with Crippen LogP contribution in [0.2, 0.25) is 0 Å². The quantitative estimate of drug-likeness (QED) is 0.565. The van der Waals surface area contributed by atoms with Crippen molar-refractivity contribution in [3.63, 3.8) is 0 Å². The number of hydrogen-bond acceptors (Lipinski definition) is 5. The number of para-hydroxylation sites is 1. The molecule has 1 amide bonds. The van der Waals surface area contributed by atoms with Gasteiger partial charge in [0.25, 0.3) is 0 Å². The molecule has 0 aliphatic heterocycles. The maximum atomic E-state index is 12.9. The van der Waals surface area contributed by atoms with E-state index in [4.69, 9.17) is 4.74 Å². The van der Waals surface area contributed by atoms with Crippen LogP contribution in [-0.4, -0.2) is 26.3 Å². The molecule has 146 valence electrons. The molecule has 0 saturated heterocycles. The van der Waals surface area contributed by atoms with E-state index in [2.05, 4.69) is 20.5 Å². The van der Waals surface area contributed by atoms with E-state index in [-0.39, 0.29) is 23.6 Å². The van der Waals surface area contributed by atoms with Gasteiger partial charge in [0.2, 0.25) is 11.1 Å². The number of nitrogens with one attached hydrogen (secondary N) is 2. The number of thioether (sulfide) groups is 1. The van der Waals surface area contributed by atoms with Crippen LogP contribution >= 0.6 is 11.8 Å². The van der Waals surface area contributed by atoms with E-state index in [1.165, 1.54) is 23.9 Å². The van der Waals surface area contributed by atoms with Gasteiger partial charge in [-0.2, -0.15) is 0 Å². The molecule has 1 heterocycles. The lowest BCUT2D eigenvalue weighted by atomic mass is 10.2. The first-order valence-corrected chi connectivity index (χ1v) is 9.68. The number of carbonyl (C=O) groups excluding carboxylic acids is 1. The second-order valence-corrected chi connectivity index (χ2v) is 7.53. The average Bonchev–Trinajstić information content (AvgIpc) is 3.14. The van der Waals surface area contributed by atoms with Crippen LogP contribution in [0, 0.1) is 12.7 Å². The van der Waals surface area contributed by atoms with E-state index >= 15 is 0 Å². The third kappa shape index (κ3) is 5.56. The molecule has 0 aliphatic rings. The number of aromatic amines is 1. The minimum Gasteiger partial charge on any atom is -0.485 e. The molecule has 0 fully saturated rings. The standard InChI is InChI=1S/C20H21FN4O2S/c1-13-5-3-4-6-17(13)27-12-18-23-20(25-24-18)28-14(2)19(26)22-11-15-7-9-16(21)10-8-15/h3-10,14H,11-12H2,1-2H3,(H,22,26)(H,23,24,25)/t14-/m1/s1. The van der Waals surface area contributed by atoms with Crippen molar-refractivity contribution < 1.29 is 13.9 Å². The highest BCUT2D eigenvalue weighted by atomic mass is 32.2. The number of halogens is 1. The number of amides is 1. The summed E-state index contributed by atoms with van der Waals surface area (Å²) in [7, 11) is 0.